The highest BCUT2D eigenvalue weighted by Crippen LogP contribution is 2.38. The molecule has 2 amide bonds. The third-order valence-electron chi connectivity index (χ3n) is 6.82. The Balaban J connectivity index is 1.11. The number of likely N-dealkylation sites (tertiary alicyclic amines) is 1. The molecule has 0 saturated carbocycles. The van der Waals surface area contributed by atoms with Crippen LogP contribution in [0.1, 0.15) is 35.1 Å². The Kier molecular flexibility index (Phi) is 8.13. The van der Waals surface area contributed by atoms with Crippen LogP contribution in [0, 0.1) is 19.7 Å². The second kappa shape index (κ2) is 11.9. The molecule has 39 heavy (non-hydrogen) atoms. The number of hydrogen-bond acceptors (Lipinski definition) is 7. The molecule has 0 spiro atoms. The predicted octanol–water partition coefficient (Wildman–Crippen LogP) is 5.58. The molecule has 1 saturated heterocycles. The average Bonchev–Trinajstić information content (AvgIpc) is 3.58. The van der Waals surface area contributed by atoms with E-state index in [1.807, 2.05) is 42.6 Å². The molecule has 0 atom stereocenters. The fourth-order valence-electron chi connectivity index (χ4n) is 4.67. The summed E-state index contributed by atoms with van der Waals surface area (Å²) in [4.78, 5) is 31.5. The maximum absolute atomic E-state index is 13.4. The van der Waals surface area contributed by atoms with Crippen LogP contribution in [0.3, 0.4) is 0 Å². The molecule has 3 heterocycles. The Morgan fingerprint density at radius 1 is 1.13 bits per heavy atom. The number of benzene rings is 2. The molecule has 8 nitrogen and oxygen atoms in total. The molecule has 0 bridgehead atoms. The minimum absolute atomic E-state index is 0.157. The van der Waals surface area contributed by atoms with Crippen LogP contribution in [-0.4, -0.2) is 53.2 Å². The van der Waals surface area contributed by atoms with Gasteiger partial charge in [-0.15, -0.1) is 11.3 Å². The zero-order valence-corrected chi connectivity index (χ0v) is 22.6. The largest absolute Gasteiger partial charge is 0.362 e. The SMILES string of the molecule is Cc1ccc(F)cc1NC(=O)COCC(=O)N1CCC(c2nc(-c3c(-c4ccccc4)noc3C)cs2)CC1. The Morgan fingerprint density at radius 2 is 1.90 bits per heavy atom. The average molecular weight is 549 g/mol. The summed E-state index contributed by atoms with van der Waals surface area (Å²) in [6, 6.07) is 14.1. The normalized spacial score (nSPS) is 14.0. The monoisotopic (exact) mass is 548 g/mol. The van der Waals surface area contributed by atoms with Crippen LogP contribution in [-0.2, 0) is 14.3 Å². The molecular formula is C29H29FN4O4S. The first kappa shape index (κ1) is 26.7. The fraction of sp³-hybridized carbons (Fsp3) is 0.310. The first-order valence-electron chi connectivity index (χ1n) is 12.8. The van der Waals surface area contributed by atoms with Gasteiger partial charge in [0.25, 0.3) is 0 Å². The van der Waals surface area contributed by atoms with Crippen LogP contribution in [0.25, 0.3) is 22.5 Å². The van der Waals surface area contributed by atoms with Crippen molar-refractivity contribution in [3.05, 3.63) is 76.1 Å². The molecule has 202 valence electrons. The van der Waals surface area contributed by atoms with Gasteiger partial charge in [0.2, 0.25) is 11.8 Å². The van der Waals surface area contributed by atoms with Crippen LogP contribution < -0.4 is 5.32 Å². The van der Waals surface area contributed by atoms with Crippen molar-refractivity contribution in [3.8, 4) is 22.5 Å². The molecule has 0 unspecified atom stereocenters. The van der Waals surface area contributed by atoms with Crippen molar-refractivity contribution in [1.29, 1.82) is 0 Å². The van der Waals surface area contributed by atoms with Crippen molar-refractivity contribution in [2.75, 3.05) is 31.6 Å². The molecule has 10 heteroatoms. The lowest BCUT2D eigenvalue weighted by atomic mass is 9.97. The van der Waals surface area contributed by atoms with E-state index >= 15 is 0 Å². The first-order valence-corrected chi connectivity index (χ1v) is 13.7. The van der Waals surface area contributed by atoms with Crippen LogP contribution in [0.2, 0.25) is 0 Å². The number of nitrogens with one attached hydrogen (secondary N) is 1. The number of anilines is 1. The highest BCUT2D eigenvalue weighted by atomic mass is 32.1. The molecule has 2 aromatic heterocycles. The number of amides is 2. The van der Waals surface area contributed by atoms with Gasteiger partial charge in [0.05, 0.1) is 16.3 Å². The summed E-state index contributed by atoms with van der Waals surface area (Å²) in [6.07, 6.45) is 1.60. The molecule has 1 aliphatic rings. The lowest BCUT2D eigenvalue weighted by Gasteiger charge is -2.31. The molecule has 0 radical (unpaired) electrons. The molecule has 1 fully saturated rings. The highest BCUT2D eigenvalue weighted by Gasteiger charge is 2.27. The van der Waals surface area contributed by atoms with Gasteiger partial charge in [-0.05, 0) is 44.4 Å². The molecule has 1 aliphatic heterocycles. The number of aromatic nitrogens is 2. The van der Waals surface area contributed by atoms with Crippen LogP contribution in [0.15, 0.2) is 58.4 Å². The van der Waals surface area contributed by atoms with Crippen molar-refractivity contribution < 1.29 is 23.2 Å². The van der Waals surface area contributed by atoms with Gasteiger partial charge in [-0.25, -0.2) is 9.37 Å². The number of carbonyl (C=O) groups is 2. The number of aryl methyl sites for hydroxylation is 2. The van der Waals surface area contributed by atoms with E-state index in [2.05, 4.69) is 10.5 Å². The van der Waals surface area contributed by atoms with Gasteiger partial charge < -0.3 is 19.5 Å². The summed E-state index contributed by atoms with van der Waals surface area (Å²) >= 11 is 1.62. The van der Waals surface area contributed by atoms with E-state index in [4.69, 9.17) is 14.2 Å². The summed E-state index contributed by atoms with van der Waals surface area (Å²) in [6.45, 7) is 4.39. The summed E-state index contributed by atoms with van der Waals surface area (Å²) in [7, 11) is 0. The van der Waals surface area contributed by atoms with Gasteiger partial charge in [-0.1, -0.05) is 41.6 Å². The van der Waals surface area contributed by atoms with Crippen molar-refractivity contribution in [2.45, 2.75) is 32.6 Å². The quantitative estimate of drug-likeness (QED) is 0.309. The Morgan fingerprint density at radius 3 is 2.67 bits per heavy atom. The Hall–Kier alpha value is -3.89. The Bertz CT molecular complexity index is 1460. The predicted molar refractivity (Wildman–Crippen MR) is 147 cm³/mol. The number of ether oxygens (including phenoxy) is 1. The van der Waals surface area contributed by atoms with E-state index in [1.54, 1.807) is 29.2 Å². The van der Waals surface area contributed by atoms with Gasteiger partial charge in [0.15, 0.2) is 0 Å². The summed E-state index contributed by atoms with van der Waals surface area (Å²) in [5, 5.41) is 9.97. The molecular weight excluding hydrogens is 519 g/mol. The zero-order valence-electron chi connectivity index (χ0n) is 21.8. The van der Waals surface area contributed by atoms with Gasteiger partial charge in [-0.3, -0.25) is 9.59 Å². The third-order valence-corrected chi connectivity index (χ3v) is 7.82. The van der Waals surface area contributed by atoms with E-state index in [0.29, 0.717) is 18.8 Å². The maximum atomic E-state index is 13.4. The van der Waals surface area contributed by atoms with Gasteiger partial charge >= 0.3 is 0 Å². The van der Waals surface area contributed by atoms with E-state index in [1.165, 1.54) is 12.1 Å². The molecule has 5 rings (SSSR count). The van der Waals surface area contributed by atoms with Crippen molar-refractivity contribution in [2.24, 2.45) is 0 Å². The third kappa shape index (κ3) is 6.23. The van der Waals surface area contributed by atoms with Crippen molar-refractivity contribution >= 4 is 28.8 Å². The topological polar surface area (TPSA) is 97.6 Å². The van der Waals surface area contributed by atoms with E-state index < -0.39 is 11.7 Å². The van der Waals surface area contributed by atoms with Crippen LogP contribution in [0.5, 0.6) is 0 Å². The Labute approximate surface area is 229 Å². The van der Waals surface area contributed by atoms with Gasteiger partial charge in [0.1, 0.15) is 30.5 Å². The number of halogens is 1. The second-order valence-corrected chi connectivity index (χ2v) is 10.4. The van der Waals surface area contributed by atoms with Gasteiger partial charge in [-0.2, -0.15) is 0 Å². The second-order valence-electron chi connectivity index (χ2n) is 9.55. The molecule has 0 aliphatic carbocycles. The highest BCUT2D eigenvalue weighted by molar-refractivity contribution is 7.10. The first-order chi connectivity index (χ1) is 18.9. The van der Waals surface area contributed by atoms with Crippen LogP contribution in [0.4, 0.5) is 10.1 Å². The molecule has 1 N–H and O–H groups in total. The lowest BCUT2D eigenvalue weighted by molar-refractivity contribution is -0.138. The van der Waals surface area contributed by atoms with Crippen LogP contribution >= 0.6 is 11.3 Å². The number of carbonyl (C=O) groups excluding carboxylic acids is 2. The lowest BCUT2D eigenvalue weighted by Crippen LogP contribution is -2.40. The summed E-state index contributed by atoms with van der Waals surface area (Å²) in [5.41, 5.74) is 4.65. The number of hydrogen-bond donors (Lipinski definition) is 1. The van der Waals surface area contributed by atoms with Crippen molar-refractivity contribution in [1.82, 2.24) is 15.0 Å². The van der Waals surface area contributed by atoms with Gasteiger partial charge in [0, 0.05) is 35.6 Å². The minimum atomic E-state index is -0.437. The number of nitrogens with zero attached hydrogens (tertiary/aromatic N) is 3. The zero-order chi connectivity index (χ0) is 27.4. The minimum Gasteiger partial charge on any atom is -0.362 e. The maximum Gasteiger partial charge on any atom is 0.250 e. The van der Waals surface area contributed by atoms with E-state index in [9.17, 15) is 14.0 Å². The fourth-order valence-corrected chi connectivity index (χ4v) is 5.65. The smallest absolute Gasteiger partial charge is 0.250 e. The summed E-state index contributed by atoms with van der Waals surface area (Å²) in [5.74, 6) is -0.0426. The van der Waals surface area contributed by atoms with E-state index in [0.717, 1.165) is 51.7 Å². The summed E-state index contributed by atoms with van der Waals surface area (Å²) < 4.78 is 24.3. The number of piperidine rings is 1. The number of thiazole rings is 1. The number of rotatable bonds is 8. The molecule has 2 aromatic carbocycles. The molecule has 4 aromatic rings. The van der Waals surface area contributed by atoms with E-state index in [-0.39, 0.29) is 25.0 Å². The van der Waals surface area contributed by atoms with Crippen molar-refractivity contribution in [3.63, 3.8) is 0 Å². The standard InChI is InChI=1S/C29H29FN4O4S/c1-18-8-9-22(30)14-23(18)31-25(35)15-37-16-26(36)34-12-10-21(11-13-34)29-32-24(17-39-29)27-19(2)38-33-28(27)20-6-4-3-5-7-20/h3-9,14,17,21H,10-13,15-16H2,1-2H3,(H,31,35).